The Morgan fingerprint density at radius 1 is 1.26 bits per heavy atom. The van der Waals surface area contributed by atoms with Gasteiger partial charge in [0.05, 0.1) is 11.9 Å². The van der Waals surface area contributed by atoms with Crippen molar-refractivity contribution in [2.45, 2.75) is 59.5 Å². The van der Waals surface area contributed by atoms with Crippen LogP contribution < -0.4 is 11.2 Å². The SMILES string of the molecule is Cc1cc(C)c(/C=N\NC(=O)c2nnn(-c3nonc3N)c2CN2CCCCC2C)c(C)c1.Cl. The van der Waals surface area contributed by atoms with Crippen LogP contribution in [0.25, 0.3) is 5.82 Å². The zero-order valence-electron chi connectivity index (χ0n) is 19.8. The molecule has 1 unspecified atom stereocenters. The van der Waals surface area contributed by atoms with Gasteiger partial charge < -0.3 is 5.73 Å². The van der Waals surface area contributed by atoms with Crippen molar-refractivity contribution >= 4 is 30.3 Å². The van der Waals surface area contributed by atoms with Crippen molar-refractivity contribution < 1.29 is 9.42 Å². The van der Waals surface area contributed by atoms with E-state index in [0.29, 0.717) is 18.3 Å². The first-order chi connectivity index (χ1) is 15.8. The van der Waals surface area contributed by atoms with E-state index in [1.807, 2.05) is 20.8 Å². The highest BCUT2D eigenvalue weighted by atomic mass is 35.5. The maximum absolute atomic E-state index is 13.0. The molecule has 0 radical (unpaired) electrons. The first-order valence-electron chi connectivity index (χ1n) is 11.0. The zero-order chi connectivity index (χ0) is 23.5. The van der Waals surface area contributed by atoms with Crippen LogP contribution in [0, 0.1) is 20.8 Å². The molecule has 0 aliphatic carbocycles. The summed E-state index contributed by atoms with van der Waals surface area (Å²) in [4.78, 5) is 15.3. The Bertz CT molecular complexity index is 1160. The number of aryl methyl sites for hydroxylation is 3. The van der Waals surface area contributed by atoms with Gasteiger partial charge in [0, 0.05) is 18.2 Å². The number of likely N-dealkylation sites (tertiary alicyclic amines) is 1. The molecule has 0 bridgehead atoms. The van der Waals surface area contributed by atoms with Gasteiger partial charge in [-0.1, -0.05) is 29.3 Å². The van der Waals surface area contributed by atoms with Crippen LogP contribution >= 0.6 is 12.4 Å². The van der Waals surface area contributed by atoms with Crippen molar-refractivity contribution in [1.29, 1.82) is 0 Å². The summed E-state index contributed by atoms with van der Waals surface area (Å²) in [5.41, 5.74) is 13.5. The lowest BCUT2D eigenvalue weighted by atomic mass is 10.0. The fourth-order valence-electron chi connectivity index (χ4n) is 4.32. The Balaban J connectivity index is 0.00000324. The molecule has 0 spiro atoms. The van der Waals surface area contributed by atoms with E-state index in [0.717, 1.165) is 36.1 Å². The summed E-state index contributed by atoms with van der Waals surface area (Å²) in [6.07, 6.45) is 5.03. The molecule has 2 aromatic heterocycles. The summed E-state index contributed by atoms with van der Waals surface area (Å²) < 4.78 is 6.15. The van der Waals surface area contributed by atoms with E-state index >= 15 is 0 Å². The molecule has 1 aliphatic rings. The topological polar surface area (TPSA) is 140 Å². The van der Waals surface area contributed by atoms with Crippen molar-refractivity contribution in [3.63, 3.8) is 0 Å². The summed E-state index contributed by atoms with van der Waals surface area (Å²) in [5.74, 6) is -0.187. The number of carbonyl (C=O) groups excluding carboxylic acids is 1. The van der Waals surface area contributed by atoms with E-state index in [1.54, 1.807) is 6.21 Å². The largest absolute Gasteiger partial charge is 0.378 e. The van der Waals surface area contributed by atoms with Crippen molar-refractivity contribution in [2.24, 2.45) is 5.10 Å². The van der Waals surface area contributed by atoms with E-state index in [4.69, 9.17) is 10.4 Å². The minimum absolute atomic E-state index is 0. The first kappa shape index (κ1) is 25.3. The van der Waals surface area contributed by atoms with E-state index in [2.05, 4.69) is 55.1 Å². The Morgan fingerprint density at radius 3 is 2.65 bits per heavy atom. The zero-order valence-corrected chi connectivity index (χ0v) is 20.6. The Kier molecular flexibility index (Phi) is 8.00. The van der Waals surface area contributed by atoms with Crippen LogP contribution in [0.15, 0.2) is 21.9 Å². The fraction of sp³-hybridized carbons (Fsp3) is 0.455. The maximum Gasteiger partial charge on any atom is 0.293 e. The summed E-state index contributed by atoms with van der Waals surface area (Å²) in [6, 6.07) is 4.53. The lowest BCUT2D eigenvalue weighted by Crippen LogP contribution is -2.38. The number of benzene rings is 1. The highest BCUT2D eigenvalue weighted by molar-refractivity contribution is 5.94. The molecule has 0 saturated carbocycles. The maximum atomic E-state index is 13.0. The second-order valence-corrected chi connectivity index (χ2v) is 8.60. The monoisotopic (exact) mass is 487 g/mol. The predicted octanol–water partition coefficient (Wildman–Crippen LogP) is 2.72. The van der Waals surface area contributed by atoms with Crippen LogP contribution in [-0.4, -0.2) is 54.9 Å². The number of anilines is 1. The number of rotatable bonds is 6. The van der Waals surface area contributed by atoms with Crippen molar-refractivity contribution in [3.05, 3.63) is 45.8 Å². The molecule has 12 heteroatoms. The number of nitrogens with one attached hydrogen (secondary N) is 1. The Morgan fingerprint density at radius 2 is 2.00 bits per heavy atom. The van der Waals surface area contributed by atoms with E-state index < -0.39 is 5.91 Å². The molecule has 1 saturated heterocycles. The molecular weight excluding hydrogens is 458 g/mol. The number of nitrogens with zero attached hydrogens (tertiary/aromatic N) is 7. The van der Waals surface area contributed by atoms with Crippen LogP contribution in [-0.2, 0) is 6.54 Å². The normalized spacial score (nSPS) is 16.5. The lowest BCUT2D eigenvalue weighted by molar-refractivity contribution is 0.0945. The molecule has 4 rings (SSSR count). The average molecular weight is 488 g/mol. The fourth-order valence-corrected chi connectivity index (χ4v) is 4.32. The van der Waals surface area contributed by atoms with Crippen LogP contribution in [0.5, 0.6) is 0 Å². The van der Waals surface area contributed by atoms with E-state index in [9.17, 15) is 4.79 Å². The number of hydrogen-bond acceptors (Lipinski definition) is 9. The first-order valence-corrected chi connectivity index (χ1v) is 11.0. The Hall–Kier alpha value is -3.31. The van der Waals surface area contributed by atoms with E-state index in [-0.39, 0.29) is 29.7 Å². The van der Waals surface area contributed by atoms with Crippen molar-refractivity contribution in [2.75, 3.05) is 12.3 Å². The quantitative estimate of drug-likeness (QED) is 0.399. The molecule has 1 atom stereocenters. The smallest absolute Gasteiger partial charge is 0.293 e. The minimum Gasteiger partial charge on any atom is -0.378 e. The third-order valence-electron chi connectivity index (χ3n) is 6.07. The van der Waals surface area contributed by atoms with E-state index in [1.165, 1.54) is 16.7 Å². The molecule has 1 aliphatic heterocycles. The second-order valence-electron chi connectivity index (χ2n) is 8.60. The van der Waals surface area contributed by atoms with Gasteiger partial charge >= 0.3 is 0 Å². The van der Waals surface area contributed by atoms with Gasteiger partial charge in [0.2, 0.25) is 11.6 Å². The van der Waals surface area contributed by atoms with Crippen LogP contribution in [0.1, 0.15) is 64.6 Å². The number of hydrazone groups is 1. The number of nitrogens with two attached hydrogens (primary N) is 1. The van der Waals surface area contributed by atoms with Gasteiger partial charge in [0.15, 0.2) is 5.69 Å². The van der Waals surface area contributed by atoms with Gasteiger partial charge in [-0.2, -0.15) is 9.78 Å². The second kappa shape index (κ2) is 10.7. The van der Waals surface area contributed by atoms with Gasteiger partial charge in [-0.15, -0.1) is 17.5 Å². The molecule has 3 aromatic rings. The third kappa shape index (κ3) is 5.26. The summed E-state index contributed by atoms with van der Waals surface area (Å²) in [6.45, 7) is 9.64. The number of halogens is 1. The van der Waals surface area contributed by atoms with Crippen molar-refractivity contribution in [1.82, 2.24) is 35.6 Å². The average Bonchev–Trinajstić information content (AvgIpc) is 3.37. The summed E-state index contributed by atoms with van der Waals surface area (Å²) in [5, 5.41) is 19.9. The van der Waals surface area contributed by atoms with Crippen LogP contribution in [0.4, 0.5) is 5.82 Å². The van der Waals surface area contributed by atoms with Crippen LogP contribution in [0.2, 0.25) is 0 Å². The molecule has 3 N–H and O–H groups in total. The molecule has 11 nitrogen and oxygen atoms in total. The minimum atomic E-state index is -0.463. The molecular formula is C22H30ClN9O2. The number of hydrogen-bond donors (Lipinski definition) is 2. The summed E-state index contributed by atoms with van der Waals surface area (Å²) >= 11 is 0. The highest BCUT2D eigenvalue weighted by Crippen LogP contribution is 2.23. The van der Waals surface area contributed by atoms with Crippen LogP contribution in [0.3, 0.4) is 0 Å². The van der Waals surface area contributed by atoms with Gasteiger partial charge in [-0.05, 0) is 68.5 Å². The third-order valence-corrected chi connectivity index (χ3v) is 6.07. The number of aromatic nitrogens is 5. The molecule has 1 aromatic carbocycles. The number of piperidine rings is 1. The van der Waals surface area contributed by atoms with Gasteiger partial charge in [-0.3, -0.25) is 9.69 Å². The molecule has 1 fully saturated rings. The summed E-state index contributed by atoms with van der Waals surface area (Å²) in [7, 11) is 0. The molecule has 34 heavy (non-hydrogen) atoms. The predicted molar refractivity (Wildman–Crippen MR) is 130 cm³/mol. The van der Waals surface area contributed by atoms with Gasteiger partial charge in [0.1, 0.15) is 0 Å². The molecule has 3 heterocycles. The lowest BCUT2D eigenvalue weighted by Gasteiger charge is -2.33. The van der Waals surface area contributed by atoms with Gasteiger partial charge in [-0.25, -0.2) is 10.1 Å². The van der Waals surface area contributed by atoms with Crippen molar-refractivity contribution in [3.8, 4) is 5.82 Å². The Labute approximate surface area is 204 Å². The number of carbonyl (C=O) groups is 1. The van der Waals surface area contributed by atoms with Gasteiger partial charge in [0.25, 0.3) is 5.91 Å². The molecule has 182 valence electrons. The number of nitrogen functional groups attached to an aromatic ring is 1. The number of amides is 1. The standard InChI is InChI=1S/C22H29N9O2.ClH/c1-13-9-14(2)17(15(3)10-13)11-24-26-22(32)19-18(12-30-8-6-5-7-16(30)4)31(29-25-19)21-20(23)27-33-28-21;/h9-11,16H,5-8,12H2,1-4H3,(H2,23,27)(H,26,32);1H/b24-11-;. The molecule has 1 amide bonds. The highest BCUT2D eigenvalue weighted by Gasteiger charge is 2.28.